The van der Waals surface area contributed by atoms with E-state index in [-0.39, 0.29) is 17.2 Å². The maximum atomic E-state index is 11.6. The van der Waals surface area contributed by atoms with Gasteiger partial charge >= 0.3 is 0 Å². The van der Waals surface area contributed by atoms with Crippen molar-refractivity contribution in [2.24, 2.45) is 11.3 Å². The Kier molecular flexibility index (Phi) is 5.77. The quantitative estimate of drug-likeness (QED) is 0.659. The number of amides is 1. The fourth-order valence-electron chi connectivity index (χ4n) is 0.997. The number of carbonyl (C=O) groups excluding carboxylic acids is 1. The molecule has 0 aromatic heterocycles. The molecule has 14 heavy (non-hydrogen) atoms. The van der Waals surface area contributed by atoms with E-state index >= 15 is 0 Å². The third-order valence-electron chi connectivity index (χ3n) is 2.54. The largest absolute Gasteiger partial charge is 0.355 e. The van der Waals surface area contributed by atoms with Gasteiger partial charge in [-0.2, -0.15) is 0 Å². The molecule has 3 heteroatoms. The van der Waals surface area contributed by atoms with E-state index in [2.05, 4.69) is 38.3 Å². The Bertz CT molecular complexity index is 173. The van der Waals surface area contributed by atoms with Gasteiger partial charge in [0, 0.05) is 19.0 Å². The molecule has 1 amide bonds. The third-order valence-corrected chi connectivity index (χ3v) is 2.54. The fraction of sp³-hybridized carbons (Fsp3) is 0.909. The van der Waals surface area contributed by atoms with E-state index in [0.29, 0.717) is 6.54 Å². The molecule has 0 aliphatic heterocycles. The highest BCUT2D eigenvalue weighted by molar-refractivity contribution is 5.78. The molecule has 0 saturated carbocycles. The smallest absolute Gasteiger partial charge is 0.223 e. The number of rotatable bonds is 5. The van der Waals surface area contributed by atoms with Crippen molar-refractivity contribution >= 4 is 5.91 Å². The van der Waals surface area contributed by atoms with Gasteiger partial charge in [0.25, 0.3) is 0 Å². The first-order valence-electron chi connectivity index (χ1n) is 5.38. The third kappa shape index (κ3) is 5.22. The van der Waals surface area contributed by atoms with E-state index in [4.69, 9.17) is 0 Å². The normalized spacial score (nSPS) is 13.8. The van der Waals surface area contributed by atoms with Crippen LogP contribution >= 0.6 is 0 Å². The van der Waals surface area contributed by atoms with Gasteiger partial charge in [0.1, 0.15) is 0 Å². The van der Waals surface area contributed by atoms with Crippen molar-refractivity contribution in [2.45, 2.75) is 34.6 Å². The topological polar surface area (TPSA) is 41.1 Å². The zero-order valence-electron chi connectivity index (χ0n) is 10.1. The zero-order chi connectivity index (χ0) is 11.2. The van der Waals surface area contributed by atoms with Crippen LogP contribution in [0.25, 0.3) is 0 Å². The Morgan fingerprint density at radius 1 is 1.29 bits per heavy atom. The molecule has 1 unspecified atom stereocenters. The summed E-state index contributed by atoms with van der Waals surface area (Å²) in [6, 6.07) is 0. The molecule has 0 spiro atoms. The van der Waals surface area contributed by atoms with E-state index in [1.807, 2.05) is 6.92 Å². The van der Waals surface area contributed by atoms with Crippen LogP contribution in [-0.2, 0) is 4.79 Å². The molecule has 0 aliphatic rings. The highest BCUT2D eigenvalue weighted by Gasteiger charge is 2.26. The molecule has 0 aromatic carbocycles. The summed E-state index contributed by atoms with van der Waals surface area (Å²) in [7, 11) is 0. The summed E-state index contributed by atoms with van der Waals surface area (Å²) in [5.41, 5.74) is 0.0439. The minimum Gasteiger partial charge on any atom is -0.355 e. The van der Waals surface area contributed by atoms with Gasteiger partial charge in [0.2, 0.25) is 5.91 Å². The van der Waals surface area contributed by atoms with Crippen molar-refractivity contribution in [3.05, 3.63) is 0 Å². The predicted octanol–water partition coefficient (Wildman–Crippen LogP) is 1.39. The van der Waals surface area contributed by atoms with Crippen molar-refractivity contribution in [3.63, 3.8) is 0 Å². The number of nitrogens with one attached hydrogen (secondary N) is 2. The lowest BCUT2D eigenvalue weighted by Crippen LogP contribution is -2.39. The van der Waals surface area contributed by atoms with Gasteiger partial charge < -0.3 is 10.6 Å². The van der Waals surface area contributed by atoms with E-state index in [1.54, 1.807) is 0 Å². The lowest BCUT2D eigenvalue weighted by molar-refractivity contribution is -0.127. The number of likely N-dealkylation sites (N-methyl/N-ethyl adjacent to an activating group) is 1. The Morgan fingerprint density at radius 2 is 1.86 bits per heavy atom. The Labute approximate surface area is 87.6 Å². The molecule has 0 saturated heterocycles. The van der Waals surface area contributed by atoms with Crippen LogP contribution in [0, 0.1) is 11.3 Å². The van der Waals surface area contributed by atoms with Crippen LogP contribution in [0.2, 0.25) is 0 Å². The van der Waals surface area contributed by atoms with Crippen molar-refractivity contribution < 1.29 is 4.79 Å². The van der Waals surface area contributed by atoms with Crippen molar-refractivity contribution in [1.29, 1.82) is 0 Å². The molecular weight excluding hydrogens is 176 g/mol. The summed E-state index contributed by atoms with van der Waals surface area (Å²) in [5.74, 6) is 0.208. The molecule has 1 atom stereocenters. The second-order valence-electron chi connectivity index (χ2n) is 4.73. The Morgan fingerprint density at radius 3 is 2.29 bits per heavy atom. The maximum Gasteiger partial charge on any atom is 0.223 e. The molecular formula is C11H24N2O. The van der Waals surface area contributed by atoms with Crippen LogP contribution in [0.4, 0.5) is 0 Å². The summed E-state index contributed by atoms with van der Waals surface area (Å²) >= 11 is 0. The molecule has 0 aliphatic carbocycles. The van der Waals surface area contributed by atoms with Gasteiger partial charge in [-0.05, 0) is 12.0 Å². The van der Waals surface area contributed by atoms with Gasteiger partial charge in [0.15, 0.2) is 0 Å². The summed E-state index contributed by atoms with van der Waals surface area (Å²) < 4.78 is 0. The van der Waals surface area contributed by atoms with Gasteiger partial charge in [0.05, 0.1) is 0 Å². The predicted molar refractivity (Wildman–Crippen MR) is 60.2 cm³/mol. The number of hydrogen-bond donors (Lipinski definition) is 2. The summed E-state index contributed by atoms with van der Waals surface area (Å²) in [4.78, 5) is 11.6. The number of carbonyl (C=O) groups is 1. The van der Waals surface area contributed by atoms with Gasteiger partial charge in [-0.3, -0.25) is 4.79 Å². The van der Waals surface area contributed by atoms with Gasteiger partial charge in [-0.15, -0.1) is 0 Å². The lowest BCUT2D eigenvalue weighted by atomic mass is 9.81. The Balaban J connectivity index is 3.74. The second-order valence-corrected chi connectivity index (χ2v) is 4.73. The van der Waals surface area contributed by atoms with Crippen LogP contribution < -0.4 is 10.6 Å². The Hall–Kier alpha value is -0.570. The molecule has 3 nitrogen and oxygen atoms in total. The second kappa shape index (κ2) is 6.02. The van der Waals surface area contributed by atoms with E-state index in [9.17, 15) is 4.79 Å². The fourth-order valence-corrected chi connectivity index (χ4v) is 0.997. The molecule has 0 fully saturated rings. The van der Waals surface area contributed by atoms with E-state index < -0.39 is 0 Å². The van der Waals surface area contributed by atoms with Crippen LogP contribution in [-0.4, -0.2) is 25.5 Å². The average molecular weight is 200 g/mol. The standard InChI is InChI=1S/C11H24N2O/c1-6-12-7-8-13-10(14)9(2)11(3,4)5/h9,12H,6-8H2,1-5H3,(H,13,14). The minimum atomic E-state index is 0.0439. The molecule has 0 bridgehead atoms. The first-order chi connectivity index (χ1) is 6.39. The van der Waals surface area contributed by atoms with Gasteiger partial charge in [-0.25, -0.2) is 0 Å². The van der Waals surface area contributed by atoms with Gasteiger partial charge in [-0.1, -0.05) is 34.6 Å². The van der Waals surface area contributed by atoms with Crippen LogP contribution in [0.3, 0.4) is 0 Å². The van der Waals surface area contributed by atoms with E-state index in [1.165, 1.54) is 0 Å². The number of hydrogen-bond acceptors (Lipinski definition) is 2. The van der Waals surface area contributed by atoms with Crippen molar-refractivity contribution in [3.8, 4) is 0 Å². The molecule has 0 heterocycles. The summed E-state index contributed by atoms with van der Waals surface area (Å²) in [6.07, 6.45) is 0. The lowest BCUT2D eigenvalue weighted by Gasteiger charge is -2.26. The first-order valence-corrected chi connectivity index (χ1v) is 5.38. The summed E-state index contributed by atoms with van der Waals surface area (Å²) in [5, 5.41) is 6.09. The summed E-state index contributed by atoms with van der Waals surface area (Å²) in [6.45, 7) is 12.8. The van der Waals surface area contributed by atoms with Crippen molar-refractivity contribution in [2.75, 3.05) is 19.6 Å². The monoisotopic (exact) mass is 200 g/mol. The molecule has 0 aromatic rings. The van der Waals surface area contributed by atoms with Crippen molar-refractivity contribution in [1.82, 2.24) is 10.6 Å². The highest BCUT2D eigenvalue weighted by Crippen LogP contribution is 2.24. The SMILES string of the molecule is CCNCCNC(=O)C(C)C(C)(C)C. The molecule has 0 radical (unpaired) electrons. The molecule has 2 N–H and O–H groups in total. The maximum absolute atomic E-state index is 11.6. The highest BCUT2D eigenvalue weighted by atomic mass is 16.1. The van der Waals surface area contributed by atoms with Crippen LogP contribution in [0.5, 0.6) is 0 Å². The zero-order valence-corrected chi connectivity index (χ0v) is 10.1. The van der Waals surface area contributed by atoms with Crippen LogP contribution in [0.1, 0.15) is 34.6 Å². The molecule has 84 valence electrons. The minimum absolute atomic E-state index is 0.0439. The first kappa shape index (κ1) is 13.4. The molecule has 0 rings (SSSR count). The van der Waals surface area contributed by atoms with Crippen LogP contribution in [0.15, 0.2) is 0 Å². The van der Waals surface area contributed by atoms with E-state index in [0.717, 1.165) is 13.1 Å². The average Bonchev–Trinajstić information content (AvgIpc) is 2.09.